The van der Waals surface area contributed by atoms with Crippen molar-refractivity contribution in [2.45, 2.75) is 116 Å². The van der Waals surface area contributed by atoms with E-state index in [9.17, 15) is 15.3 Å². The molecule has 4 N–H and O–H groups in total. The summed E-state index contributed by atoms with van der Waals surface area (Å²) in [6, 6.07) is 31.9. The van der Waals surface area contributed by atoms with Crippen molar-refractivity contribution in [2.24, 2.45) is 0 Å². The number of halogens is 2. The Morgan fingerprint density at radius 1 is 0.500 bits per heavy atom. The first kappa shape index (κ1) is 52.8. The van der Waals surface area contributed by atoms with Crippen LogP contribution >= 0.6 is 23.2 Å². The van der Waals surface area contributed by atoms with E-state index in [1.54, 1.807) is 20.8 Å². The van der Waals surface area contributed by atoms with Crippen LogP contribution in [0, 0.1) is 0 Å². The number of benzene rings is 4. The van der Waals surface area contributed by atoms with Gasteiger partial charge >= 0.3 is 0 Å². The van der Waals surface area contributed by atoms with E-state index >= 15 is 0 Å². The second-order valence-corrected chi connectivity index (χ2v) is 19.0. The second kappa shape index (κ2) is 24.5. The zero-order valence-corrected chi connectivity index (χ0v) is 39.7. The highest BCUT2D eigenvalue weighted by atomic mass is 35.5. The van der Waals surface area contributed by atoms with Gasteiger partial charge in [0.05, 0.1) is 36.2 Å². The number of alkyl halides is 2. The van der Waals surface area contributed by atoms with Gasteiger partial charge in [0, 0.05) is 10.8 Å². The van der Waals surface area contributed by atoms with Crippen LogP contribution in [0.2, 0.25) is 0 Å². The van der Waals surface area contributed by atoms with Crippen LogP contribution in [0.3, 0.4) is 0 Å². The minimum absolute atomic E-state index is 0.147. The highest BCUT2D eigenvalue weighted by Crippen LogP contribution is 2.35. The van der Waals surface area contributed by atoms with Crippen LogP contribution in [-0.2, 0) is 20.3 Å². The molecule has 0 radical (unpaired) electrons. The molecule has 62 heavy (non-hydrogen) atoms. The molecule has 4 aromatic rings. The van der Waals surface area contributed by atoms with Gasteiger partial charge in [0.25, 0.3) is 0 Å². The number of rotatable bonds is 20. The third kappa shape index (κ3) is 19.9. The first-order chi connectivity index (χ1) is 29.0. The van der Waals surface area contributed by atoms with Gasteiger partial charge in [-0.3, -0.25) is 0 Å². The van der Waals surface area contributed by atoms with Gasteiger partial charge in [-0.05, 0) is 112 Å². The highest BCUT2D eigenvalue weighted by Gasteiger charge is 2.26. The van der Waals surface area contributed by atoms with Crippen molar-refractivity contribution >= 4 is 23.2 Å². The molecule has 4 unspecified atom stereocenters. The van der Waals surface area contributed by atoms with Crippen molar-refractivity contribution in [3.63, 3.8) is 0 Å². The van der Waals surface area contributed by atoms with E-state index in [-0.39, 0.29) is 60.7 Å². The van der Waals surface area contributed by atoms with Crippen LogP contribution in [0.4, 0.5) is 0 Å². The van der Waals surface area contributed by atoms with Gasteiger partial charge in [-0.2, -0.15) is 0 Å². The molecule has 0 spiro atoms. The molecule has 10 nitrogen and oxygen atoms in total. The standard InChI is InChI=1S/C25H35ClO5.C21H25ClO4.C4H10O/c1-24(2,3)31-17-21(28)16-30-23-12-8-19(9-13-23)25(4,5)18-6-10-22(11-7-18)29-15-20(27)14-26;1-21(2,15-3-7-18(8-4-15)24-12-17(23)11-22)16-5-9-19(10-6-16)25-13-20-14-26-20;1-4(2,3)5/h6-13,20-21,27-28H,14-17H2,1-5H3;3-10,17,20,23H,11-14H2,1-2H3;5H,1-3H3. The molecule has 0 aliphatic carbocycles. The zero-order valence-electron chi connectivity index (χ0n) is 38.2. The Labute approximate surface area is 380 Å². The number of hydrogen-bond acceptors (Lipinski definition) is 10. The molecule has 344 valence electrons. The number of ether oxygens (including phenoxy) is 6. The van der Waals surface area contributed by atoms with Crippen molar-refractivity contribution in [1.29, 1.82) is 0 Å². The van der Waals surface area contributed by atoms with Gasteiger partial charge in [-0.15, -0.1) is 23.2 Å². The Balaban J connectivity index is 0.000000301. The lowest BCUT2D eigenvalue weighted by Crippen LogP contribution is -2.29. The Kier molecular flexibility index (Phi) is 20.8. The molecule has 1 heterocycles. The topological polar surface area (TPSA) is 140 Å². The molecule has 4 atom stereocenters. The van der Waals surface area contributed by atoms with Crippen LogP contribution in [-0.4, -0.2) is 107 Å². The zero-order chi connectivity index (χ0) is 46.1. The van der Waals surface area contributed by atoms with Gasteiger partial charge < -0.3 is 48.8 Å². The summed E-state index contributed by atoms with van der Waals surface area (Å²) in [7, 11) is 0. The molecule has 1 aliphatic rings. The average Bonchev–Trinajstić information content (AvgIpc) is 4.07. The number of aliphatic hydroxyl groups is 4. The normalized spacial score (nSPS) is 15.5. The maximum atomic E-state index is 10.0. The summed E-state index contributed by atoms with van der Waals surface area (Å²) in [6.07, 6.45) is -1.75. The summed E-state index contributed by atoms with van der Waals surface area (Å²) in [5.74, 6) is 3.30. The first-order valence-corrected chi connectivity index (χ1v) is 22.1. The summed E-state index contributed by atoms with van der Waals surface area (Å²) in [4.78, 5) is 0. The maximum Gasteiger partial charge on any atom is 0.119 e. The SMILES string of the molecule is CC(C)(C)O.CC(C)(C)OCC(O)COc1ccc(C(C)(C)c2ccc(OCC(O)CCl)cc2)cc1.CC(C)(c1ccc(OCC(O)CCl)cc1)c1ccc(OCC2CO2)cc1. The van der Waals surface area contributed by atoms with E-state index in [4.69, 9.17) is 56.7 Å². The third-order valence-corrected chi connectivity index (χ3v) is 10.2. The van der Waals surface area contributed by atoms with Crippen LogP contribution in [0.1, 0.15) is 91.5 Å². The summed E-state index contributed by atoms with van der Waals surface area (Å²) >= 11 is 11.2. The van der Waals surface area contributed by atoms with Crippen LogP contribution < -0.4 is 18.9 Å². The molecular formula is C50H70Cl2O10. The van der Waals surface area contributed by atoms with Crippen molar-refractivity contribution in [1.82, 2.24) is 0 Å². The highest BCUT2D eigenvalue weighted by molar-refractivity contribution is 6.18. The molecule has 0 bridgehead atoms. The van der Waals surface area contributed by atoms with E-state index in [1.165, 1.54) is 11.1 Å². The molecule has 4 aromatic carbocycles. The minimum atomic E-state index is -0.679. The minimum Gasteiger partial charge on any atom is -0.491 e. The molecule has 0 saturated carbocycles. The van der Waals surface area contributed by atoms with Crippen LogP contribution in [0.25, 0.3) is 0 Å². The van der Waals surface area contributed by atoms with Gasteiger partial charge in [0.1, 0.15) is 73.8 Å². The van der Waals surface area contributed by atoms with E-state index < -0.39 is 23.9 Å². The molecule has 12 heteroatoms. The summed E-state index contributed by atoms with van der Waals surface area (Å²) in [5.41, 5.74) is 3.52. The Morgan fingerprint density at radius 2 is 0.774 bits per heavy atom. The van der Waals surface area contributed by atoms with Crippen molar-refractivity contribution < 1.29 is 48.8 Å². The lowest BCUT2D eigenvalue weighted by atomic mass is 9.78. The fourth-order valence-electron chi connectivity index (χ4n) is 5.62. The average molecular weight is 902 g/mol. The molecule has 1 fully saturated rings. The molecular weight excluding hydrogens is 831 g/mol. The number of aliphatic hydroxyl groups excluding tert-OH is 3. The maximum absolute atomic E-state index is 10.0. The Morgan fingerprint density at radius 3 is 1.03 bits per heavy atom. The van der Waals surface area contributed by atoms with Gasteiger partial charge in [-0.1, -0.05) is 76.2 Å². The fourth-order valence-corrected chi connectivity index (χ4v) is 5.80. The Bertz CT molecular complexity index is 1830. The van der Waals surface area contributed by atoms with Gasteiger partial charge in [0.2, 0.25) is 0 Å². The van der Waals surface area contributed by atoms with Crippen LogP contribution in [0.15, 0.2) is 97.1 Å². The number of epoxide rings is 1. The smallest absolute Gasteiger partial charge is 0.119 e. The quantitative estimate of drug-likeness (QED) is 0.0502. The predicted molar refractivity (Wildman–Crippen MR) is 249 cm³/mol. The van der Waals surface area contributed by atoms with Gasteiger partial charge in [0.15, 0.2) is 0 Å². The lowest BCUT2D eigenvalue weighted by Gasteiger charge is -2.26. The van der Waals surface area contributed by atoms with E-state index in [1.807, 2.05) is 93.6 Å². The number of hydrogen-bond donors (Lipinski definition) is 4. The van der Waals surface area contributed by atoms with Crippen LogP contribution in [0.5, 0.6) is 23.0 Å². The lowest BCUT2D eigenvalue weighted by molar-refractivity contribution is -0.0586. The monoisotopic (exact) mass is 900 g/mol. The molecule has 0 aromatic heterocycles. The van der Waals surface area contributed by atoms with Gasteiger partial charge in [-0.25, -0.2) is 0 Å². The van der Waals surface area contributed by atoms with Crippen molar-refractivity contribution in [3.05, 3.63) is 119 Å². The summed E-state index contributed by atoms with van der Waals surface area (Å²) in [5, 5.41) is 37.5. The van der Waals surface area contributed by atoms with E-state index in [0.29, 0.717) is 18.1 Å². The fraction of sp³-hybridized carbons (Fsp3) is 0.520. The van der Waals surface area contributed by atoms with E-state index in [2.05, 4.69) is 52.0 Å². The van der Waals surface area contributed by atoms with E-state index in [0.717, 1.165) is 29.2 Å². The van der Waals surface area contributed by atoms with Crippen molar-refractivity contribution in [3.8, 4) is 23.0 Å². The molecule has 1 aliphatic heterocycles. The van der Waals surface area contributed by atoms with Crippen molar-refractivity contribution in [2.75, 3.05) is 51.4 Å². The molecule has 0 amide bonds. The Hall–Kier alpha value is -3.58. The predicted octanol–water partition coefficient (Wildman–Crippen LogP) is 9.09. The first-order valence-electron chi connectivity index (χ1n) is 21.1. The largest absolute Gasteiger partial charge is 0.491 e. The molecule has 5 rings (SSSR count). The molecule has 1 saturated heterocycles. The summed E-state index contributed by atoms with van der Waals surface area (Å²) in [6.45, 7) is 22.0. The summed E-state index contributed by atoms with van der Waals surface area (Å²) < 4.78 is 33.2. The third-order valence-electron chi connectivity index (χ3n) is 9.53. The second-order valence-electron chi connectivity index (χ2n) is 18.4.